The molecule has 4 amide bonds. The number of alkyl carbamates (subject to hydrolysis) is 1. The highest BCUT2D eigenvalue weighted by atomic mass is 32.2. The number of alkyl halides is 1. The Labute approximate surface area is 304 Å². The second-order valence-electron chi connectivity index (χ2n) is 15.3. The van der Waals surface area contributed by atoms with Crippen LogP contribution in [0.4, 0.5) is 19.3 Å². The van der Waals surface area contributed by atoms with Gasteiger partial charge in [-0.1, -0.05) is 50.3 Å². The molecule has 0 radical (unpaired) electrons. The van der Waals surface area contributed by atoms with Crippen LogP contribution in [-0.2, 0) is 24.3 Å². The van der Waals surface area contributed by atoms with Crippen LogP contribution in [0.15, 0.2) is 53.4 Å². The van der Waals surface area contributed by atoms with Crippen molar-refractivity contribution in [1.82, 2.24) is 14.9 Å². The van der Waals surface area contributed by atoms with Crippen LogP contribution in [0, 0.1) is 29.5 Å². The van der Waals surface area contributed by atoms with Gasteiger partial charge < -0.3 is 20.3 Å². The number of anilines is 1. The molecular weight excluding hydrogens is 695 g/mol. The molecule has 52 heavy (non-hydrogen) atoms. The van der Waals surface area contributed by atoms with Crippen molar-refractivity contribution < 1.29 is 41.1 Å². The zero-order valence-corrected chi connectivity index (χ0v) is 30.9. The lowest BCUT2D eigenvalue weighted by Gasteiger charge is -2.37. The first-order valence-electron chi connectivity index (χ1n) is 18.3. The number of hydrogen-bond donors (Lipinski definition) is 3. The Morgan fingerprint density at radius 2 is 1.60 bits per heavy atom. The first-order chi connectivity index (χ1) is 24.7. The van der Waals surface area contributed by atoms with E-state index < -0.39 is 63.7 Å². The van der Waals surface area contributed by atoms with Gasteiger partial charge in [-0.25, -0.2) is 26.7 Å². The van der Waals surface area contributed by atoms with Gasteiger partial charge in [0.15, 0.2) is 0 Å². The summed E-state index contributed by atoms with van der Waals surface area (Å²) in [4.78, 5) is 54.7. The summed E-state index contributed by atoms with van der Waals surface area (Å²) < 4.78 is 61.7. The monoisotopic (exact) mass is 744 g/mol. The number of carbonyl (C=O) groups excluding carboxylic acids is 4. The van der Waals surface area contributed by atoms with Crippen molar-refractivity contribution >= 4 is 39.5 Å². The first-order valence-corrected chi connectivity index (χ1v) is 19.7. The summed E-state index contributed by atoms with van der Waals surface area (Å²) in [7, 11) is -4.24. The Kier molecular flexibility index (Phi) is 12.6. The van der Waals surface area contributed by atoms with Crippen molar-refractivity contribution in [2.24, 2.45) is 23.7 Å². The number of nitrogens with zero attached hydrogens (tertiary/aromatic N) is 1. The summed E-state index contributed by atoms with van der Waals surface area (Å²) in [6, 6.07) is 9.13. The van der Waals surface area contributed by atoms with E-state index in [0.29, 0.717) is 38.6 Å². The predicted octanol–water partition coefficient (Wildman–Crippen LogP) is 6.35. The Morgan fingerprint density at radius 1 is 0.923 bits per heavy atom. The number of halogens is 2. The number of amides is 4. The average molecular weight is 745 g/mol. The number of nitrogens with one attached hydrogen (secondary N) is 3. The molecule has 0 bridgehead atoms. The van der Waals surface area contributed by atoms with Crippen LogP contribution >= 0.6 is 0 Å². The molecule has 0 spiro atoms. The maximum atomic E-state index is 15.3. The van der Waals surface area contributed by atoms with E-state index in [2.05, 4.69) is 10.6 Å². The second-order valence-corrected chi connectivity index (χ2v) is 17.0. The normalized spacial score (nSPS) is 23.4. The maximum Gasteiger partial charge on any atom is 0.407 e. The van der Waals surface area contributed by atoms with E-state index in [1.54, 1.807) is 31.7 Å². The highest BCUT2D eigenvalue weighted by molar-refractivity contribution is 7.90. The van der Waals surface area contributed by atoms with E-state index in [9.17, 15) is 32.0 Å². The van der Waals surface area contributed by atoms with Gasteiger partial charge in [0.1, 0.15) is 24.1 Å². The van der Waals surface area contributed by atoms with Gasteiger partial charge in [-0.15, -0.1) is 0 Å². The molecule has 2 aromatic rings. The number of ether oxygens (including phenoxy) is 1. The van der Waals surface area contributed by atoms with Gasteiger partial charge in [0, 0.05) is 18.2 Å². The molecule has 1 saturated heterocycles. The molecule has 3 N–H and O–H groups in total. The third-order valence-corrected chi connectivity index (χ3v) is 11.9. The molecule has 284 valence electrons. The van der Waals surface area contributed by atoms with E-state index >= 15 is 4.39 Å². The largest absolute Gasteiger partial charge is 0.444 e. The lowest BCUT2D eigenvalue weighted by Crippen LogP contribution is -2.50. The van der Waals surface area contributed by atoms with E-state index in [0.717, 1.165) is 44.2 Å². The molecule has 0 aromatic heterocycles. The molecule has 1 heterocycles. The average Bonchev–Trinajstić information content (AvgIpc) is 3.56. The van der Waals surface area contributed by atoms with Crippen LogP contribution in [0.5, 0.6) is 0 Å². The van der Waals surface area contributed by atoms with Crippen molar-refractivity contribution in [3.8, 4) is 0 Å². The molecule has 0 unspecified atom stereocenters. The highest BCUT2D eigenvalue weighted by Gasteiger charge is 2.47. The molecular formula is C38H50F2N4O7S. The Morgan fingerprint density at radius 3 is 2.21 bits per heavy atom. The van der Waals surface area contributed by atoms with Crippen LogP contribution in [0.2, 0.25) is 0 Å². The number of sulfonamides is 1. The van der Waals surface area contributed by atoms with Crippen molar-refractivity contribution in [3.05, 3.63) is 59.9 Å². The van der Waals surface area contributed by atoms with Gasteiger partial charge in [-0.2, -0.15) is 0 Å². The van der Waals surface area contributed by atoms with E-state index in [1.807, 2.05) is 4.72 Å². The first kappa shape index (κ1) is 39.1. The van der Waals surface area contributed by atoms with Crippen LogP contribution in [0.1, 0.15) is 95.3 Å². The molecule has 2 aromatic carbocycles. The quantitative estimate of drug-likeness (QED) is 0.257. The number of rotatable bonds is 10. The molecule has 14 heteroatoms. The topological polar surface area (TPSA) is 151 Å². The lowest BCUT2D eigenvalue weighted by molar-refractivity contribution is -0.142. The molecule has 2 saturated carbocycles. The molecule has 3 fully saturated rings. The molecule has 3 atom stereocenters. The third kappa shape index (κ3) is 9.67. The molecule has 5 rings (SSSR count). The van der Waals surface area contributed by atoms with Crippen molar-refractivity contribution in [2.45, 2.75) is 108 Å². The maximum absolute atomic E-state index is 15.3. The Bertz CT molecular complexity index is 1710. The van der Waals surface area contributed by atoms with Crippen LogP contribution < -0.4 is 15.4 Å². The lowest BCUT2D eigenvalue weighted by atomic mass is 9.76. The van der Waals surface area contributed by atoms with Gasteiger partial charge in [-0.3, -0.25) is 14.4 Å². The summed E-state index contributed by atoms with van der Waals surface area (Å²) in [6.45, 7) is 4.86. The minimum atomic E-state index is -4.24. The van der Waals surface area contributed by atoms with Crippen molar-refractivity contribution in [3.63, 3.8) is 0 Å². The number of carbonyl (C=O) groups is 4. The van der Waals surface area contributed by atoms with E-state index in [-0.39, 0.29) is 40.2 Å². The molecule has 2 aliphatic carbocycles. The van der Waals surface area contributed by atoms with Gasteiger partial charge in [0.05, 0.1) is 16.5 Å². The van der Waals surface area contributed by atoms with Crippen LogP contribution in [-0.4, -0.2) is 68.0 Å². The van der Waals surface area contributed by atoms with Gasteiger partial charge >= 0.3 is 6.09 Å². The minimum Gasteiger partial charge on any atom is -0.444 e. The van der Waals surface area contributed by atoms with Crippen LogP contribution in [0.25, 0.3) is 0 Å². The summed E-state index contributed by atoms with van der Waals surface area (Å²) >= 11 is 0. The SMILES string of the molecule is CC(C)(C)OC(=O)N[C@H](CF)C1CCC(C(=O)N2CC[C@@H](C3CCCCC3)[C@H]2C(=O)Nc2ccc(C(=O)NS(=O)(=O)c3ccccc3)c(F)c2)CC1. The fraction of sp³-hybridized carbons (Fsp3) is 0.579. The number of benzene rings is 2. The fourth-order valence-electron chi connectivity index (χ4n) is 8.03. The third-order valence-electron chi connectivity index (χ3n) is 10.6. The van der Waals surface area contributed by atoms with E-state index in [4.69, 9.17) is 4.74 Å². The van der Waals surface area contributed by atoms with Crippen LogP contribution in [0.3, 0.4) is 0 Å². The fourth-order valence-corrected chi connectivity index (χ4v) is 9.02. The Balaban J connectivity index is 1.26. The zero-order chi connectivity index (χ0) is 37.6. The smallest absolute Gasteiger partial charge is 0.407 e. The highest BCUT2D eigenvalue weighted by Crippen LogP contribution is 2.41. The number of hydrogen-bond acceptors (Lipinski definition) is 7. The molecule has 1 aliphatic heterocycles. The summed E-state index contributed by atoms with van der Waals surface area (Å²) in [5.74, 6) is -3.09. The van der Waals surface area contributed by atoms with E-state index in [1.165, 1.54) is 30.3 Å². The minimum absolute atomic E-state index is 0.0712. The summed E-state index contributed by atoms with van der Waals surface area (Å²) in [5.41, 5.74) is -1.16. The predicted molar refractivity (Wildman–Crippen MR) is 191 cm³/mol. The second kappa shape index (κ2) is 16.7. The standard InChI is InChI=1S/C38H50F2N4O7S/c1-38(2,3)51-37(48)42-32(23-39)25-14-16-26(17-15-25)36(47)44-21-20-29(24-10-6-4-7-11-24)33(44)35(46)41-27-18-19-30(31(40)22-27)34(45)43-52(49,50)28-12-8-5-9-13-28/h5,8-9,12-13,18-19,22,24-26,29,32-33H,4,6-7,10-11,14-17,20-21,23H2,1-3H3,(H,41,46)(H,42,48)(H,43,45)/t25?,26?,29-,32+,33-/m0/s1. The number of likely N-dealkylation sites (tertiary alicyclic amines) is 1. The molecule has 11 nitrogen and oxygen atoms in total. The Hall–Kier alpha value is -4.07. The van der Waals surface area contributed by atoms with Gasteiger partial charge in [-0.05, 0) is 101 Å². The summed E-state index contributed by atoms with van der Waals surface area (Å²) in [6.07, 6.45) is 7.17. The summed E-state index contributed by atoms with van der Waals surface area (Å²) in [5, 5.41) is 5.42. The van der Waals surface area contributed by atoms with Gasteiger partial charge in [0.25, 0.3) is 15.9 Å². The van der Waals surface area contributed by atoms with Gasteiger partial charge in [0.2, 0.25) is 11.8 Å². The van der Waals surface area contributed by atoms with Crippen molar-refractivity contribution in [1.29, 1.82) is 0 Å². The zero-order valence-electron chi connectivity index (χ0n) is 30.0. The molecule has 3 aliphatic rings. The van der Waals surface area contributed by atoms with Crippen molar-refractivity contribution in [2.75, 3.05) is 18.5 Å².